The Kier molecular flexibility index (Phi) is 3.94. The number of hydrogen-bond acceptors (Lipinski definition) is 4. The van der Waals surface area contributed by atoms with Crippen molar-refractivity contribution in [3.63, 3.8) is 0 Å². The quantitative estimate of drug-likeness (QED) is 0.856. The van der Waals surface area contributed by atoms with E-state index >= 15 is 0 Å². The van der Waals surface area contributed by atoms with Gasteiger partial charge in [0.2, 0.25) is 0 Å². The van der Waals surface area contributed by atoms with Gasteiger partial charge in [0.25, 0.3) is 0 Å². The van der Waals surface area contributed by atoms with Crippen LogP contribution in [-0.2, 0) is 0 Å². The number of piperazine rings is 1. The summed E-state index contributed by atoms with van der Waals surface area (Å²) >= 11 is 6.27. The predicted octanol–water partition coefficient (Wildman–Crippen LogP) is 2.64. The second-order valence-electron chi connectivity index (χ2n) is 5.44. The zero-order valence-electron chi connectivity index (χ0n) is 12.1. The number of rotatable bonds is 3. The SMILES string of the molecule is COc1cc(OC)c(N2CCN3CCCC3C2)cc1Cl. The minimum absolute atomic E-state index is 0.636. The molecule has 0 saturated carbocycles. The molecule has 0 spiro atoms. The van der Waals surface area contributed by atoms with Crippen LogP contribution in [-0.4, -0.2) is 51.3 Å². The van der Waals surface area contributed by atoms with Crippen molar-refractivity contribution in [1.82, 2.24) is 4.90 Å². The summed E-state index contributed by atoms with van der Waals surface area (Å²) in [4.78, 5) is 4.98. The van der Waals surface area contributed by atoms with Gasteiger partial charge < -0.3 is 14.4 Å². The molecule has 2 heterocycles. The summed E-state index contributed by atoms with van der Waals surface area (Å²) in [5.41, 5.74) is 1.07. The maximum atomic E-state index is 6.27. The van der Waals surface area contributed by atoms with E-state index in [1.807, 2.05) is 12.1 Å². The van der Waals surface area contributed by atoms with Crippen molar-refractivity contribution in [2.24, 2.45) is 0 Å². The molecule has 0 radical (unpaired) electrons. The van der Waals surface area contributed by atoms with Gasteiger partial charge in [0, 0.05) is 31.7 Å². The summed E-state index contributed by atoms with van der Waals surface area (Å²) in [6.45, 7) is 4.45. The molecule has 2 aliphatic rings. The van der Waals surface area contributed by atoms with Gasteiger partial charge in [-0.15, -0.1) is 0 Å². The van der Waals surface area contributed by atoms with Crippen LogP contribution >= 0.6 is 11.6 Å². The number of halogens is 1. The number of hydrogen-bond donors (Lipinski definition) is 0. The molecule has 5 heteroatoms. The third-order valence-corrected chi connectivity index (χ3v) is 4.68. The monoisotopic (exact) mass is 296 g/mol. The largest absolute Gasteiger partial charge is 0.495 e. The second-order valence-corrected chi connectivity index (χ2v) is 5.84. The molecule has 0 aliphatic carbocycles. The minimum atomic E-state index is 0.636. The van der Waals surface area contributed by atoms with Crippen LogP contribution in [0, 0.1) is 0 Å². The van der Waals surface area contributed by atoms with Gasteiger partial charge >= 0.3 is 0 Å². The van der Waals surface area contributed by atoms with Crippen LogP contribution in [0.3, 0.4) is 0 Å². The summed E-state index contributed by atoms with van der Waals surface area (Å²) < 4.78 is 10.8. The van der Waals surface area contributed by atoms with Gasteiger partial charge in [-0.2, -0.15) is 0 Å². The molecule has 2 saturated heterocycles. The van der Waals surface area contributed by atoms with Crippen LogP contribution in [0.2, 0.25) is 5.02 Å². The first kappa shape index (κ1) is 13.8. The van der Waals surface area contributed by atoms with E-state index in [2.05, 4.69) is 9.80 Å². The van der Waals surface area contributed by atoms with Gasteiger partial charge in [-0.05, 0) is 25.5 Å². The van der Waals surface area contributed by atoms with Crippen molar-refractivity contribution < 1.29 is 9.47 Å². The highest BCUT2D eigenvalue weighted by atomic mass is 35.5. The molecule has 1 unspecified atom stereocenters. The lowest BCUT2D eigenvalue weighted by Crippen LogP contribution is -2.50. The number of benzene rings is 1. The third kappa shape index (κ3) is 2.42. The number of nitrogens with zero attached hydrogens (tertiary/aromatic N) is 2. The lowest BCUT2D eigenvalue weighted by atomic mass is 10.1. The molecule has 0 N–H and O–H groups in total. The van der Waals surface area contributed by atoms with Crippen LogP contribution in [0.5, 0.6) is 11.5 Å². The molecule has 110 valence electrons. The predicted molar refractivity (Wildman–Crippen MR) is 81.4 cm³/mol. The Bertz CT molecular complexity index is 495. The first-order valence-electron chi connectivity index (χ1n) is 7.13. The van der Waals surface area contributed by atoms with Crippen LogP contribution < -0.4 is 14.4 Å². The zero-order valence-corrected chi connectivity index (χ0v) is 12.8. The minimum Gasteiger partial charge on any atom is -0.495 e. The van der Waals surface area contributed by atoms with Crippen LogP contribution in [0.1, 0.15) is 12.8 Å². The molecule has 0 bridgehead atoms. The average Bonchev–Trinajstić information content (AvgIpc) is 2.94. The highest BCUT2D eigenvalue weighted by molar-refractivity contribution is 6.32. The molecule has 20 heavy (non-hydrogen) atoms. The highest BCUT2D eigenvalue weighted by Gasteiger charge is 2.31. The molecule has 0 amide bonds. The Balaban J connectivity index is 1.87. The third-order valence-electron chi connectivity index (χ3n) is 4.38. The van der Waals surface area contributed by atoms with Gasteiger partial charge in [0.15, 0.2) is 0 Å². The lowest BCUT2D eigenvalue weighted by Gasteiger charge is -2.39. The number of fused-ring (bicyclic) bond motifs is 1. The van der Waals surface area contributed by atoms with Gasteiger partial charge in [-0.1, -0.05) is 11.6 Å². The first-order valence-corrected chi connectivity index (χ1v) is 7.51. The Labute approximate surface area is 125 Å². The van der Waals surface area contributed by atoms with E-state index < -0.39 is 0 Å². The topological polar surface area (TPSA) is 24.9 Å². The maximum Gasteiger partial charge on any atom is 0.145 e. The van der Waals surface area contributed by atoms with E-state index in [0.29, 0.717) is 16.8 Å². The molecular formula is C15H21ClN2O2. The van der Waals surface area contributed by atoms with Crippen molar-refractivity contribution in [2.75, 3.05) is 45.3 Å². The summed E-state index contributed by atoms with van der Waals surface area (Å²) in [7, 11) is 3.32. The fourth-order valence-corrected chi connectivity index (χ4v) is 3.54. The van der Waals surface area contributed by atoms with Gasteiger partial charge in [-0.3, -0.25) is 4.90 Å². The molecule has 2 aliphatic heterocycles. The Morgan fingerprint density at radius 3 is 2.65 bits per heavy atom. The normalized spacial score (nSPS) is 22.8. The molecule has 1 aromatic rings. The molecule has 3 rings (SSSR count). The van der Waals surface area contributed by atoms with E-state index in [1.165, 1.54) is 19.4 Å². The van der Waals surface area contributed by atoms with Gasteiger partial charge in [0.1, 0.15) is 11.5 Å². The summed E-state index contributed by atoms with van der Waals surface area (Å²) in [5.74, 6) is 1.49. The Morgan fingerprint density at radius 1 is 1.10 bits per heavy atom. The van der Waals surface area contributed by atoms with E-state index in [1.54, 1.807) is 14.2 Å². The average molecular weight is 297 g/mol. The molecular weight excluding hydrogens is 276 g/mol. The van der Waals surface area contributed by atoms with Crippen LogP contribution in [0.4, 0.5) is 5.69 Å². The van der Waals surface area contributed by atoms with Crippen LogP contribution in [0.15, 0.2) is 12.1 Å². The zero-order chi connectivity index (χ0) is 14.1. The van der Waals surface area contributed by atoms with Gasteiger partial charge in [0.05, 0.1) is 24.9 Å². The van der Waals surface area contributed by atoms with Crippen molar-refractivity contribution >= 4 is 17.3 Å². The highest BCUT2D eigenvalue weighted by Crippen LogP contribution is 2.39. The number of methoxy groups -OCH3 is 2. The van der Waals surface area contributed by atoms with E-state index in [9.17, 15) is 0 Å². The van der Waals surface area contributed by atoms with E-state index in [0.717, 1.165) is 31.1 Å². The van der Waals surface area contributed by atoms with Crippen LogP contribution in [0.25, 0.3) is 0 Å². The molecule has 1 atom stereocenters. The van der Waals surface area contributed by atoms with Crippen molar-refractivity contribution in [1.29, 1.82) is 0 Å². The first-order chi connectivity index (χ1) is 9.72. The Morgan fingerprint density at radius 2 is 1.90 bits per heavy atom. The fraction of sp³-hybridized carbons (Fsp3) is 0.600. The fourth-order valence-electron chi connectivity index (χ4n) is 3.30. The molecule has 1 aromatic carbocycles. The number of anilines is 1. The number of ether oxygens (including phenoxy) is 2. The van der Waals surface area contributed by atoms with Gasteiger partial charge in [-0.25, -0.2) is 0 Å². The standard InChI is InChI=1S/C15H21ClN2O2/c1-19-14-9-15(20-2)13(8-12(14)16)18-7-6-17-5-3-4-11(17)10-18/h8-9,11H,3-7,10H2,1-2H3. The van der Waals surface area contributed by atoms with Crippen molar-refractivity contribution in [3.8, 4) is 11.5 Å². The molecule has 4 nitrogen and oxygen atoms in total. The molecule has 0 aromatic heterocycles. The molecule has 2 fully saturated rings. The van der Waals surface area contributed by atoms with Crippen molar-refractivity contribution in [2.45, 2.75) is 18.9 Å². The summed E-state index contributed by atoms with van der Waals surface area (Å²) in [6.07, 6.45) is 2.61. The second kappa shape index (κ2) is 5.70. The van der Waals surface area contributed by atoms with Crippen molar-refractivity contribution in [3.05, 3.63) is 17.2 Å². The summed E-state index contributed by atoms with van der Waals surface area (Å²) in [5, 5.41) is 0.636. The maximum absolute atomic E-state index is 6.27. The Hall–Kier alpha value is -1.13. The van der Waals surface area contributed by atoms with E-state index in [-0.39, 0.29) is 0 Å². The smallest absolute Gasteiger partial charge is 0.145 e. The lowest BCUT2D eigenvalue weighted by molar-refractivity contribution is 0.230. The van der Waals surface area contributed by atoms with E-state index in [4.69, 9.17) is 21.1 Å². The summed E-state index contributed by atoms with van der Waals surface area (Å²) in [6, 6.07) is 4.51.